The molecule has 35 heavy (non-hydrogen) atoms. The summed E-state index contributed by atoms with van der Waals surface area (Å²) in [7, 11) is 0. The first kappa shape index (κ1) is 24.2. The van der Waals surface area contributed by atoms with E-state index in [0.29, 0.717) is 11.0 Å². The van der Waals surface area contributed by atoms with Crippen LogP contribution in [-0.4, -0.2) is 32.6 Å². The van der Waals surface area contributed by atoms with Crippen molar-refractivity contribution in [3.63, 3.8) is 0 Å². The molecule has 10 heteroatoms. The van der Waals surface area contributed by atoms with Crippen LogP contribution in [-0.2, 0) is 11.0 Å². The normalized spacial score (nSPS) is 11.7. The van der Waals surface area contributed by atoms with E-state index < -0.39 is 17.6 Å². The number of hydrogen-bond donors (Lipinski definition) is 1. The Morgan fingerprint density at radius 3 is 2.40 bits per heavy atom. The van der Waals surface area contributed by atoms with E-state index in [0.717, 1.165) is 40.9 Å². The van der Waals surface area contributed by atoms with Crippen molar-refractivity contribution in [1.29, 1.82) is 0 Å². The molecular formula is C25H20F3N5OS. The van der Waals surface area contributed by atoms with Crippen LogP contribution in [0.2, 0.25) is 0 Å². The predicted octanol–water partition coefficient (Wildman–Crippen LogP) is 5.50. The van der Waals surface area contributed by atoms with Gasteiger partial charge in [-0.05, 0) is 25.1 Å². The smallest absolute Gasteiger partial charge is 0.272 e. The Labute approximate surface area is 203 Å². The van der Waals surface area contributed by atoms with Gasteiger partial charge in [-0.25, -0.2) is 5.43 Å². The van der Waals surface area contributed by atoms with Crippen LogP contribution >= 0.6 is 11.8 Å². The molecule has 1 N–H and O–H groups in total. The summed E-state index contributed by atoms with van der Waals surface area (Å²) in [6.07, 6.45) is -3.54. The minimum Gasteiger partial charge on any atom is -0.272 e. The second kappa shape index (κ2) is 10.6. The van der Waals surface area contributed by atoms with Gasteiger partial charge in [-0.2, -0.15) is 18.3 Å². The number of nitrogens with one attached hydrogen (secondary N) is 1. The highest BCUT2D eigenvalue weighted by Crippen LogP contribution is 2.31. The Morgan fingerprint density at radius 2 is 1.69 bits per heavy atom. The molecule has 1 aromatic heterocycles. The van der Waals surface area contributed by atoms with Crippen LogP contribution in [0, 0.1) is 6.92 Å². The average molecular weight is 496 g/mol. The van der Waals surface area contributed by atoms with Gasteiger partial charge in [0.15, 0.2) is 11.0 Å². The van der Waals surface area contributed by atoms with E-state index in [1.54, 1.807) is 0 Å². The number of nitrogens with zero attached hydrogens (tertiary/aromatic N) is 4. The number of amides is 1. The first-order chi connectivity index (χ1) is 16.8. The number of hydrazone groups is 1. The fraction of sp³-hybridized carbons (Fsp3) is 0.120. The fourth-order valence-electron chi connectivity index (χ4n) is 3.27. The predicted molar refractivity (Wildman–Crippen MR) is 129 cm³/mol. The highest BCUT2D eigenvalue weighted by molar-refractivity contribution is 7.99. The Bertz CT molecular complexity index is 1340. The van der Waals surface area contributed by atoms with E-state index in [-0.39, 0.29) is 11.3 Å². The maximum absolute atomic E-state index is 13.1. The van der Waals surface area contributed by atoms with Gasteiger partial charge in [0, 0.05) is 16.8 Å². The third-order valence-electron chi connectivity index (χ3n) is 4.95. The molecular weight excluding hydrogens is 475 g/mol. The van der Waals surface area contributed by atoms with Crippen LogP contribution in [0.5, 0.6) is 0 Å². The molecule has 178 valence electrons. The van der Waals surface area contributed by atoms with Crippen LogP contribution in [0.15, 0.2) is 89.1 Å². The van der Waals surface area contributed by atoms with Crippen molar-refractivity contribution >= 4 is 23.9 Å². The summed E-state index contributed by atoms with van der Waals surface area (Å²) in [5, 5.41) is 12.8. The van der Waals surface area contributed by atoms with Gasteiger partial charge in [0.2, 0.25) is 0 Å². The highest BCUT2D eigenvalue weighted by atomic mass is 32.2. The molecule has 0 saturated carbocycles. The zero-order valence-electron chi connectivity index (χ0n) is 18.5. The van der Waals surface area contributed by atoms with Crippen molar-refractivity contribution in [2.75, 3.05) is 5.75 Å². The summed E-state index contributed by atoms with van der Waals surface area (Å²) in [5.41, 5.74) is 4.11. The van der Waals surface area contributed by atoms with E-state index in [1.807, 2.05) is 66.1 Å². The van der Waals surface area contributed by atoms with E-state index in [1.165, 1.54) is 18.2 Å². The van der Waals surface area contributed by atoms with Gasteiger partial charge in [-0.1, -0.05) is 78.0 Å². The summed E-state index contributed by atoms with van der Waals surface area (Å²) in [4.78, 5) is 12.3. The first-order valence-electron chi connectivity index (χ1n) is 10.5. The van der Waals surface area contributed by atoms with Gasteiger partial charge in [0.25, 0.3) is 5.91 Å². The molecule has 6 nitrogen and oxygen atoms in total. The molecule has 3 aromatic carbocycles. The monoisotopic (exact) mass is 495 g/mol. The van der Waals surface area contributed by atoms with Crippen molar-refractivity contribution in [2.45, 2.75) is 18.3 Å². The summed E-state index contributed by atoms with van der Waals surface area (Å²) in [6, 6.07) is 22.4. The van der Waals surface area contributed by atoms with E-state index in [9.17, 15) is 18.0 Å². The van der Waals surface area contributed by atoms with E-state index >= 15 is 0 Å². The lowest BCUT2D eigenvalue weighted by Crippen LogP contribution is -2.20. The number of aryl methyl sites for hydroxylation is 1. The molecule has 0 saturated heterocycles. The minimum atomic E-state index is -4.51. The molecule has 1 amide bonds. The molecule has 0 atom stereocenters. The van der Waals surface area contributed by atoms with Gasteiger partial charge in [-0.15, -0.1) is 10.2 Å². The maximum atomic E-state index is 13.1. The van der Waals surface area contributed by atoms with Gasteiger partial charge in [0.05, 0.1) is 17.5 Å². The lowest BCUT2D eigenvalue weighted by Gasteiger charge is -2.10. The van der Waals surface area contributed by atoms with Crippen molar-refractivity contribution < 1.29 is 18.0 Å². The van der Waals surface area contributed by atoms with E-state index in [4.69, 9.17) is 0 Å². The molecule has 4 rings (SSSR count). The number of alkyl halides is 3. The molecule has 0 spiro atoms. The SMILES string of the molecule is Cc1ccc(-n2c(SCC(=O)NN=Cc3ccccc3C(F)(F)F)nnc2-c2ccccc2)cc1. The van der Waals surface area contributed by atoms with Crippen LogP contribution in [0.3, 0.4) is 0 Å². The minimum absolute atomic E-state index is 0.0585. The number of halogens is 3. The van der Waals surface area contributed by atoms with Crippen LogP contribution in [0.25, 0.3) is 17.1 Å². The molecule has 0 fully saturated rings. The standard InChI is InChI=1S/C25H20F3N5OS/c1-17-11-13-20(14-12-17)33-23(18-7-3-2-4-8-18)31-32-24(33)35-16-22(34)30-29-15-19-9-5-6-10-21(19)25(26,27)28/h2-15H,16H2,1H3,(H,30,34). The number of hydrogen-bond acceptors (Lipinski definition) is 5. The number of thioether (sulfide) groups is 1. The summed E-state index contributed by atoms with van der Waals surface area (Å²) in [5.74, 6) is 0.0754. The third kappa shape index (κ3) is 5.96. The van der Waals surface area contributed by atoms with E-state index in [2.05, 4.69) is 20.7 Å². The largest absolute Gasteiger partial charge is 0.417 e. The lowest BCUT2D eigenvalue weighted by molar-refractivity contribution is -0.137. The average Bonchev–Trinajstić information content (AvgIpc) is 3.27. The zero-order valence-corrected chi connectivity index (χ0v) is 19.3. The second-order valence-corrected chi connectivity index (χ2v) is 8.45. The molecule has 0 aliphatic carbocycles. The lowest BCUT2D eigenvalue weighted by atomic mass is 10.1. The third-order valence-corrected chi connectivity index (χ3v) is 5.88. The Morgan fingerprint density at radius 1 is 1.00 bits per heavy atom. The molecule has 0 aliphatic rings. The Kier molecular flexibility index (Phi) is 7.31. The molecule has 0 unspecified atom stereocenters. The quantitative estimate of drug-likeness (QED) is 0.209. The van der Waals surface area contributed by atoms with Crippen molar-refractivity contribution in [3.05, 3.63) is 95.6 Å². The van der Waals surface area contributed by atoms with Crippen LogP contribution in [0.4, 0.5) is 13.2 Å². The number of rotatable bonds is 7. The molecule has 4 aromatic rings. The Hall–Kier alpha value is -3.92. The van der Waals surface area contributed by atoms with Crippen molar-refractivity contribution in [3.8, 4) is 17.1 Å². The number of aromatic nitrogens is 3. The second-order valence-electron chi connectivity index (χ2n) is 7.51. The summed E-state index contributed by atoms with van der Waals surface area (Å²) in [6.45, 7) is 1.99. The molecule has 0 aliphatic heterocycles. The molecule has 0 radical (unpaired) electrons. The molecule has 1 heterocycles. The van der Waals surface area contributed by atoms with Crippen LogP contribution < -0.4 is 5.43 Å². The fourth-order valence-corrected chi connectivity index (χ4v) is 4.01. The topological polar surface area (TPSA) is 72.2 Å². The summed E-state index contributed by atoms with van der Waals surface area (Å²) >= 11 is 1.15. The van der Waals surface area contributed by atoms with Gasteiger partial charge in [-0.3, -0.25) is 9.36 Å². The zero-order chi connectivity index (χ0) is 24.8. The van der Waals surface area contributed by atoms with Gasteiger partial charge in [0.1, 0.15) is 0 Å². The highest BCUT2D eigenvalue weighted by Gasteiger charge is 2.32. The first-order valence-corrected chi connectivity index (χ1v) is 11.5. The maximum Gasteiger partial charge on any atom is 0.417 e. The van der Waals surface area contributed by atoms with Crippen LogP contribution in [0.1, 0.15) is 16.7 Å². The van der Waals surface area contributed by atoms with Gasteiger partial charge >= 0.3 is 6.18 Å². The summed E-state index contributed by atoms with van der Waals surface area (Å²) < 4.78 is 41.2. The number of carbonyl (C=O) groups excluding carboxylic acids is 1. The van der Waals surface area contributed by atoms with Crippen molar-refractivity contribution in [2.24, 2.45) is 5.10 Å². The Balaban J connectivity index is 1.49. The number of benzene rings is 3. The molecule has 0 bridgehead atoms. The number of carbonyl (C=O) groups is 1. The van der Waals surface area contributed by atoms with Gasteiger partial charge < -0.3 is 0 Å². The van der Waals surface area contributed by atoms with Crippen molar-refractivity contribution in [1.82, 2.24) is 20.2 Å².